The van der Waals surface area contributed by atoms with Crippen LogP contribution in [0, 0.1) is 13.8 Å². The second kappa shape index (κ2) is 5.32. The molecule has 0 amide bonds. The first-order chi connectivity index (χ1) is 10.6. The van der Waals surface area contributed by atoms with Gasteiger partial charge in [0.05, 0.1) is 11.4 Å². The molecule has 0 aliphatic heterocycles. The number of aromatic nitrogens is 2. The topological polar surface area (TPSA) is 37.8 Å². The monoisotopic (exact) mass is 373 g/mol. The number of hydrogen-bond donors (Lipinski definition) is 1. The maximum absolute atomic E-state index is 4.64. The zero-order valence-corrected chi connectivity index (χ0v) is 14.9. The van der Waals surface area contributed by atoms with Gasteiger partial charge in [0.25, 0.3) is 0 Å². The first kappa shape index (κ1) is 14.2. The van der Waals surface area contributed by atoms with Crippen LogP contribution in [-0.4, -0.2) is 9.97 Å². The van der Waals surface area contributed by atoms with E-state index in [9.17, 15) is 0 Å². The van der Waals surface area contributed by atoms with Gasteiger partial charge in [-0.25, -0.2) is 9.97 Å². The highest BCUT2D eigenvalue weighted by atomic mass is 79.9. The molecule has 0 saturated carbocycles. The van der Waals surface area contributed by atoms with Crippen molar-refractivity contribution < 1.29 is 0 Å². The smallest absolute Gasteiger partial charge is 0.138 e. The minimum absolute atomic E-state index is 0.334. The molecular formula is C17H16BrN3S. The molecule has 0 spiro atoms. The molecule has 2 heterocycles. The average molecular weight is 374 g/mol. The quantitative estimate of drug-likeness (QED) is 0.673. The lowest BCUT2D eigenvalue weighted by molar-refractivity contribution is 0.757. The van der Waals surface area contributed by atoms with Crippen molar-refractivity contribution in [1.29, 1.82) is 0 Å². The third-order valence-corrected chi connectivity index (χ3v) is 5.56. The number of rotatable bonds is 2. The normalized spacial score (nSPS) is 17.0. The fourth-order valence-corrected chi connectivity index (χ4v) is 4.49. The van der Waals surface area contributed by atoms with Gasteiger partial charge in [0, 0.05) is 9.35 Å². The largest absolute Gasteiger partial charge is 0.363 e. The molecule has 22 heavy (non-hydrogen) atoms. The van der Waals surface area contributed by atoms with Crippen LogP contribution in [0.4, 0.5) is 5.82 Å². The Balaban J connectivity index is 1.74. The molecule has 1 aliphatic carbocycles. The van der Waals surface area contributed by atoms with Crippen molar-refractivity contribution in [3.63, 3.8) is 0 Å². The summed E-state index contributed by atoms with van der Waals surface area (Å²) in [5.41, 5.74) is 2.81. The van der Waals surface area contributed by atoms with Crippen LogP contribution in [-0.2, 0) is 6.42 Å². The van der Waals surface area contributed by atoms with E-state index >= 15 is 0 Å². The molecule has 0 unspecified atom stereocenters. The molecule has 0 bridgehead atoms. The number of anilines is 1. The first-order valence-electron chi connectivity index (χ1n) is 7.40. The van der Waals surface area contributed by atoms with Crippen molar-refractivity contribution in [2.24, 2.45) is 0 Å². The fourth-order valence-electron chi connectivity index (χ4n) is 3.16. The van der Waals surface area contributed by atoms with Crippen LogP contribution in [0.2, 0.25) is 0 Å². The number of hydrogen-bond acceptors (Lipinski definition) is 4. The van der Waals surface area contributed by atoms with Crippen molar-refractivity contribution >= 4 is 43.3 Å². The van der Waals surface area contributed by atoms with Crippen LogP contribution < -0.4 is 5.32 Å². The molecule has 4 rings (SSSR count). The van der Waals surface area contributed by atoms with E-state index in [0.29, 0.717) is 6.04 Å². The molecule has 1 aliphatic rings. The van der Waals surface area contributed by atoms with E-state index in [-0.39, 0.29) is 0 Å². The first-order valence-corrected chi connectivity index (χ1v) is 9.01. The van der Waals surface area contributed by atoms with Crippen LogP contribution in [0.15, 0.2) is 28.7 Å². The average Bonchev–Trinajstić information content (AvgIpc) is 3.01. The maximum atomic E-state index is 4.64. The summed E-state index contributed by atoms with van der Waals surface area (Å²) in [6.07, 6.45) is 2.22. The molecule has 112 valence electrons. The molecule has 1 N–H and O–H groups in total. The van der Waals surface area contributed by atoms with Gasteiger partial charge in [-0.3, -0.25) is 0 Å². The van der Waals surface area contributed by atoms with E-state index in [1.165, 1.54) is 16.0 Å². The molecule has 1 atom stereocenters. The van der Waals surface area contributed by atoms with Crippen molar-refractivity contribution in [3.05, 3.63) is 50.6 Å². The second-order valence-electron chi connectivity index (χ2n) is 5.77. The van der Waals surface area contributed by atoms with E-state index in [1.807, 2.05) is 6.92 Å². The molecule has 0 radical (unpaired) electrons. The van der Waals surface area contributed by atoms with Gasteiger partial charge in [0.2, 0.25) is 0 Å². The molecular weight excluding hydrogens is 358 g/mol. The second-order valence-corrected chi connectivity index (χ2v) is 7.92. The van der Waals surface area contributed by atoms with Crippen LogP contribution in [0.3, 0.4) is 0 Å². The van der Waals surface area contributed by atoms with Gasteiger partial charge in [-0.05, 0) is 56.0 Å². The van der Waals surface area contributed by atoms with E-state index in [4.69, 9.17) is 0 Å². The van der Waals surface area contributed by atoms with Gasteiger partial charge in [-0.2, -0.15) is 0 Å². The Morgan fingerprint density at radius 3 is 2.95 bits per heavy atom. The van der Waals surface area contributed by atoms with Crippen molar-refractivity contribution in [2.75, 3.05) is 5.32 Å². The highest BCUT2D eigenvalue weighted by molar-refractivity contribution is 9.10. The van der Waals surface area contributed by atoms with Crippen LogP contribution in [0.1, 0.15) is 34.3 Å². The van der Waals surface area contributed by atoms with Gasteiger partial charge in [-0.1, -0.05) is 22.0 Å². The Morgan fingerprint density at radius 1 is 1.23 bits per heavy atom. The Hall–Kier alpha value is -1.46. The standard InChI is InChI=1S/C17H16BrN3S/c1-9-7-14-16(19-10(2)20-17(14)22-9)21-15-6-3-11-8-12(18)4-5-13(11)15/h4-5,7-8,15H,3,6H2,1-2H3,(H,19,20,21)/t15-/m1/s1. The Kier molecular flexibility index (Phi) is 3.42. The number of aryl methyl sites for hydroxylation is 3. The third-order valence-electron chi connectivity index (χ3n) is 4.12. The number of fused-ring (bicyclic) bond motifs is 2. The molecule has 5 heteroatoms. The van der Waals surface area contributed by atoms with Crippen molar-refractivity contribution in [3.8, 4) is 0 Å². The van der Waals surface area contributed by atoms with E-state index in [1.54, 1.807) is 11.3 Å². The van der Waals surface area contributed by atoms with E-state index < -0.39 is 0 Å². The van der Waals surface area contributed by atoms with Crippen LogP contribution in [0.5, 0.6) is 0 Å². The highest BCUT2D eigenvalue weighted by Gasteiger charge is 2.23. The van der Waals surface area contributed by atoms with Gasteiger partial charge in [0.1, 0.15) is 16.5 Å². The summed E-state index contributed by atoms with van der Waals surface area (Å²) in [6, 6.07) is 9.08. The molecule has 3 nitrogen and oxygen atoms in total. The lowest BCUT2D eigenvalue weighted by atomic mass is 10.1. The number of halogens is 1. The number of thiophene rings is 1. The van der Waals surface area contributed by atoms with E-state index in [2.05, 4.69) is 62.4 Å². The summed E-state index contributed by atoms with van der Waals surface area (Å²) >= 11 is 5.29. The predicted octanol–water partition coefficient (Wildman–Crippen LogP) is 5.17. The zero-order chi connectivity index (χ0) is 15.3. The van der Waals surface area contributed by atoms with Crippen molar-refractivity contribution in [1.82, 2.24) is 9.97 Å². The van der Waals surface area contributed by atoms with Gasteiger partial charge in [-0.15, -0.1) is 11.3 Å². The van der Waals surface area contributed by atoms with E-state index in [0.717, 1.165) is 39.2 Å². The summed E-state index contributed by atoms with van der Waals surface area (Å²) < 4.78 is 1.15. The van der Waals surface area contributed by atoms with Crippen LogP contribution in [0.25, 0.3) is 10.2 Å². The maximum Gasteiger partial charge on any atom is 0.138 e. The molecule has 2 aromatic heterocycles. The lowest BCUT2D eigenvalue weighted by Crippen LogP contribution is -2.09. The Morgan fingerprint density at radius 2 is 2.09 bits per heavy atom. The van der Waals surface area contributed by atoms with Gasteiger partial charge in [0.15, 0.2) is 0 Å². The minimum atomic E-state index is 0.334. The number of benzene rings is 1. The minimum Gasteiger partial charge on any atom is -0.363 e. The summed E-state index contributed by atoms with van der Waals surface area (Å²) in [6.45, 7) is 4.08. The molecule has 0 fully saturated rings. The molecule has 1 aromatic carbocycles. The zero-order valence-electron chi connectivity index (χ0n) is 12.5. The highest BCUT2D eigenvalue weighted by Crippen LogP contribution is 2.37. The lowest BCUT2D eigenvalue weighted by Gasteiger charge is -2.16. The van der Waals surface area contributed by atoms with Crippen LogP contribution >= 0.6 is 27.3 Å². The van der Waals surface area contributed by atoms with Gasteiger partial charge < -0.3 is 5.32 Å². The summed E-state index contributed by atoms with van der Waals surface area (Å²) in [5.74, 6) is 1.79. The molecule has 3 aromatic rings. The SMILES string of the molecule is Cc1nc(N[C@@H]2CCc3cc(Br)ccc32)c2cc(C)sc2n1. The Labute approximate surface area is 141 Å². The Bertz CT molecular complexity index is 872. The fraction of sp³-hybridized carbons (Fsp3) is 0.294. The summed E-state index contributed by atoms with van der Waals surface area (Å²) in [4.78, 5) is 11.5. The summed E-state index contributed by atoms with van der Waals surface area (Å²) in [7, 11) is 0. The number of nitrogens with one attached hydrogen (secondary N) is 1. The molecule has 0 saturated heterocycles. The van der Waals surface area contributed by atoms with Crippen molar-refractivity contribution in [2.45, 2.75) is 32.7 Å². The summed E-state index contributed by atoms with van der Waals surface area (Å²) in [5, 5.41) is 4.79. The predicted molar refractivity (Wildman–Crippen MR) is 95.7 cm³/mol. The van der Waals surface area contributed by atoms with Gasteiger partial charge >= 0.3 is 0 Å². The number of nitrogens with zero attached hydrogens (tertiary/aromatic N) is 2. The third kappa shape index (κ3) is 2.42.